The zero-order valence-electron chi connectivity index (χ0n) is 11.9. The first-order chi connectivity index (χ1) is 9.56. The van der Waals surface area contributed by atoms with Crippen molar-refractivity contribution in [1.29, 1.82) is 0 Å². The van der Waals surface area contributed by atoms with E-state index in [1.807, 2.05) is 30.0 Å². The standard InChI is InChI=1S/C15H21BrN2O2/c1-10-7-11(16)3-4-14(10)15(19)18-6-5-13(20-2)8-12(18)9-17/h3-4,7,12-13H,5-6,8-9,17H2,1-2H3. The van der Waals surface area contributed by atoms with Gasteiger partial charge in [-0.2, -0.15) is 0 Å². The van der Waals surface area contributed by atoms with Crippen LogP contribution in [0.5, 0.6) is 0 Å². The molecular formula is C15H21BrN2O2. The minimum atomic E-state index is 0.0595. The Kier molecular flexibility index (Phi) is 5.18. The summed E-state index contributed by atoms with van der Waals surface area (Å²) < 4.78 is 6.38. The molecule has 1 saturated heterocycles. The third kappa shape index (κ3) is 3.22. The van der Waals surface area contributed by atoms with Crippen LogP contribution in [0.15, 0.2) is 22.7 Å². The molecule has 20 heavy (non-hydrogen) atoms. The normalized spacial score (nSPS) is 22.9. The van der Waals surface area contributed by atoms with Crippen molar-refractivity contribution in [2.24, 2.45) is 5.73 Å². The third-order valence-electron chi connectivity index (χ3n) is 3.95. The summed E-state index contributed by atoms with van der Waals surface area (Å²) in [6, 6.07) is 5.80. The van der Waals surface area contributed by atoms with E-state index in [1.165, 1.54) is 0 Å². The first kappa shape index (κ1) is 15.5. The maximum Gasteiger partial charge on any atom is 0.254 e. The van der Waals surface area contributed by atoms with Crippen molar-refractivity contribution in [2.45, 2.75) is 31.9 Å². The van der Waals surface area contributed by atoms with Gasteiger partial charge in [-0.15, -0.1) is 0 Å². The molecular weight excluding hydrogens is 320 g/mol. The molecule has 1 aliphatic rings. The summed E-state index contributed by atoms with van der Waals surface area (Å²) in [6.45, 7) is 3.13. The van der Waals surface area contributed by atoms with Gasteiger partial charge in [-0.25, -0.2) is 0 Å². The van der Waals surface area contributed by atoms with Crippen LogP contribution in [0.1, 0.15) is 28.8 Å². The minimum absolute atomic E-state index is 0.0595. The Morgan fingerprint density at radius 1 is 1.55 bits per heavy atom. The molecule has 1 heterocycles. The van der Waals surface area contributed by atoms with Gasteiger partial charge in [0, 0.05) is 36.3 Å². The Morgan fingerprint density at radius 3 is 2.90 bits per heavy atom. The van der Waals surface area contributed by atoms with E-state index >= 15 is 0 Å². The van der Waals surface area contributed by atoms with Crippen LogP contribution in [0.2, 0.25) is 0 Å². The lowest BCUT2D eigenvalue weighted by Crippen LogP contribution is -2.51. The molecule has 0 aromatic heterocycles. The van der Waals surface area contributed by atoms with E-state index in [0.29, 0.717) is 13.1 Å². The van der Waals surface area contributed by atoms with E-state index in [9.17, 15) is 4.79 Å². The fourth-order valence-electron chi connectivity index (χ4n) is 2.74. The fraction of sp³-hybridized carbons (Fsp3) is 0.533. The predicted octanol–water partition coefficient (Wildman–Crippen LogP) is 2.34. The van der Waals surface area contributed by atoms with Crippen LogP contribution in [0.3, 0.4) is 0 Å². The molecule has 2 atom stereocenters. The molecule has 0 radical (unpaired) electrons. The lowest BCUT2D eigenvalue weighted by Gasteiger charge is -2.38. The molecule has 4 nitrogen and oxygen atoms in total. The molecule has 5 heteroatoms. The summed E-state index contributed by atoms with van der Waals surface area (Å²) in [5, 5.41) is 0. The van der Waals surface area contributed by atoms with Gasteiger partial charge in [0.15, 0.2) is 0 Å². The van der Waals surface area contributed by atoms with Gasteiger partial charge in [-0.3, -0.25) is 4.79 Å². The van der Waals surface area contributed by atoms with Crippen LogP contribution in [-0.2, 0) is 4.74 Å². The highest BCUT2D eigenvalue weighted by molar-refractivity contribution is 9.10. The van der Waals surface area contributed by atoms with E-state index in [1.54, 1.807) is 7.11 Å². The van der Waals surface area contributed by atoms with Gasteiger partial charge in [0.2, 0.25) is 0 Å². The van der Waals surface area contributed by atoms with Crippen LogP contribution in [-0.4, -0.2) is 43.2 Å². The summed E-state index contributed by atoms with van der Waals surface area (Å²) >= 11 is 3.42. The Labute approximate surface area is 128 Å². The number of aryl methyl sites for hydroxylation is 1. The van der Waals surface area contributed by atoms with E-state index < -0.39 is 0 Å². The summed E-state index contributed by atoms with van der Waals surface area (Å²) in [6.07, 6.45) is 1.89. The molecule has 1 fully saturated rings. The van der Waals surface area contributed by atoms with Gasteiger partial charge in [0.1, 0.15) is 0 Å². The zero-order chi connectivity index (χ0) is 14.7. The molecule has 2 unspecified atom stereocenters. The molecule has 2 N–H and O–H groups in total. The first-order valence-electron chi connectivity index (χ1n) is 6.86. The molecule has 1 aliphatic heterocycles. The van der Waals surface area contributed by atoms with Crippen molar-refractivity contribution in [3.63, 3.8) is 0 Å². The van der Waals surface area contributed by atoms with Gasteiger partial charge in [-0.1, -0.05) is 15.9 Å². The average molecular weight is 341 g/mol. The Balaban J connectivity index is 2.19. The van der Waals surface area contributed by atoms with Crippen molar-refractivity contribution < 1.29 is 9.53 Å². The Hall–Kier alpha value is -0.910. The first-order valence-corrected chi connectivity index (χ1v) is 7.66. The van der Waals surface area contributed by atoms with Crippen LogP contribution in [0.25, 0.3) is 0 Å². The number of halogens is 1. The molecule has 0 aliphatic carbocycles. The van der Waals surface area contributed by atoms with Crippen molar-refractivity contribution >= 4 is 21.8 Å². The number of amides is 1. The van der Waals surface area contributed by atoms with Crippen LogP contribution in [0.4, 0.5) is 0 Å². The van der Waals surface area contributed by atoms with Crippen LogP contribution < -0.4 is 5.73 Å². The second-order valence-electron chi connectivity index (χ2n) is 5.23. The van der Waals surface area contributed by atoms with E-state index in [2.05, 4.69) is 15.9 Å². The van der Waals surface area contributed by atoms with E-state index in [4.69, 9.17) is 10.5 Å². The number of benzene rings is 1. The molecule has 0 bridgehead atoms. The number of nitrogens with zero attached hydrogens (tertiary/aromatic N) is 1. The molecule has 110 valence electrons. The van der Waals surface area contributed by atoms with Crippen molar-refractivity contribution in [2.75, 3.05) is 20.2 Å². The second kappa shape index (κ2) is 6.70. The van der Waals surface area contributed by atoms with Crippen molar-refractivity contribution in [3.8, 4) is 0 Å². The van der Waals surface area contributed by atoms with Crippen molar-refractivity contribution in [1.82, 2.24) is 4.90 Å². The third-order valence-corrected chi connectivity index (χ3v) is 4.45. The highest BCUT2D eigenvalue weighted by Gasteiger charge is 2.31. The molecule has 1 aromatic rings. The smallest absolute Gasteiger partial charge is 0.254 e. The maximum atomic E-state index is 12.7. The highest BCUT2D eigenvalue weighted by atomic mass is 79.9. The number of hydrogen-bond donors (Lipinski definition) is 1. The second-order valence-corrected chi connectivity index (χ2v) is 6.15. The molecule has 1 aromatic carbocycles. The number of methoxy groups -OCH3 is 1. The number of carbonyl (C=O) groups is 1. The average Bonchev–Trinajstić information content (AvgIpc) is 2.46. The van der Waals surface area contributed by atoms with Crippen molar-refractivity contribution in [3.05, 3.63) is 33.8 Å². The van der Waals surface area contributed by atoms with Gasteiger partial charge < -0.3 is 15.4 Å². The topological polar surface area (TPSA) is 55.6 Å². The molecule has 2 rings (SSSR count). The summed E-state index contributed by atoms with van der Waals surface area (Å²) in [7, 11) is 1.72. The van der Waals surface area contributed by atoms with Gasteiger partial charge in [-0.05, 0) is 43.5 Å². The Bertz CT molecular complexity index is 493. The van der Waals surface area contributed by atoms with E-state index in [0.717, 1.165) is 28.4 Å². The van der Waals surface area contributed by atoms with Crippen LogP contribution in [0, 0.1) is 6.92 Å². The number of rotatable bonds is 3. The summed E-state index contributed by atoms with van der Waals surface area (Å²) in [5.74, 6) is 0.0694. The van der Waals surface area contributed by atoms with Gasteiger partial charge >= 0.3 is 0 Å². The monoisotopic (exact) mass is 340 g/mol. The number of likely N-dealkylation sites (tertiary alicyclic amines) is 1. The number of carbonyl (C=O) groups excluding carboxylic acids is 1. The summed E-state index contributed by atoms with van der Waals surface area (Å²) in [4.78, 5) is 14.6. The highest BCUT2D eigenvalue weighted by Crippen LogP contribution is 2.23. The fourth-order valence-corrected chi connectivity index (χ4v) is 3.22. The minimum Gasteiger partial charge on any atom is -0.381 e. The predicted molar refractivity (Wildman–Crippen MR) is 82.8 cm³/mol. The van der Waals surface area contributed by atoms with Gasteiger partial charge in [0.25, 0.3) is 5.91 Å². The zero-order valence-corrected chi connectivity index (χ0v) is 13.5. The molecule has 0 spiro atoms. The molecule has 1 amide bonds. The maximum absolute atomic E-state index is 12.7. The summed E-state index contributed by atoms with van der Waals surface area (Å²) in [5.41, 5.74) is 7.56. The van der Waals surface area contributed by atoms with Crippen LogP contribution >= 0.6 is 15.9 Å². The van der Waals surface area contributed by atoms with Gasteiger partial charge in [0.05, 0.1) is 6.10 Å². The van der Waals surface area contributed by atoms with E-state index in [-0.39, 0.29) is 18.1 Å². The number of nitrogens with two attached hydrogens (primary N) is 1. The number of piperidine rings is 1. The lowest BCUT2D eigenvalue weighted by atomic mass is 9.97. The Morgan fingerprint density at radius 2 is 2.30 bits per heavy atom. The molecule has 0 saturated carbocycles. The lowest BCUT2D eigenvalue weighted by molar-refractivity contribution is 0.0138. The quantitative estimate of drug-likeness (QED) is 0.918. The largest absolute Gasteiger partial charge is 0.381 e. The number of hydrogen-bond acceptors (Lipinski definition) is 3. The SMILES string of the molecule is COC1CCN(C(=O)c2ccc(Br)cc2C)C(CN)C1. The number of ether oxygens (including phenoxy) is 1.